The minimum atomic E-state index is -2.74. The zero-order valence-electron chi connectivity index (χ0n) is 12.3. The van der Waals surface area contributed by atoms with E-state index in [-0.39, 0.29) is 0 Å². The number of phenolic OH excluding ortho intramolecular Hbond substituents is 2. The summed E-state index contributed by atoms with van der Waals surface area (Å²) in [5.74, 6) is -3.40. The van der Waals surface area contributed by atoms with Crippen molar-refractivity contribution in [1.29, 1.82) is 0 Å². The first kappa shape index (κ1) is 7.48. The van der Waals surface area contributed by atoms with Gasteiger partial charge in [-0.1, -0.05) is 6.04 Å². The Kier molecular flexibility index (Phi) is 2.25. The van der Waals surface area contributed by atoms with Gasteiger partial charge in [-0.15, -0.1) is 0 Å². The Balaban J connectivity index is 3.52. The normalized spacial score (nSPS) is 19.7. The molecule has 0 unspecified atom stereocenters. The smallest absolute Gasteiger partial charge is 0.325 e. The van der Waals surface area contributed by atoms with Gasteiger partial charge in [0.25, 0.3) is 0 Å². The summed E-state index contributed by atoms with van der Waals surface area (Å²) in [6, 6.07) is -5.34. The molecule has 0 heterocycles. The number of aliphatic hydroxyl groups excluding tert-OH is 1. The van der Waals surface area contributed by atoms with Crippen LogP contribution in [-0.4, -0.2) is 34.4 Å². The van der Waals surface area contributed by atoms with Crippen LogP contribution in [0.3, 0.4) is 0 Å². The largest absolute Gasteiger partial charge is 0.504 e. The van der Waals surface area contributed by atoms with Gasteiger partial charge in [-0.25, -0.2) is 0 Å². The number of phenols is 2. The van der Waals surface area contributed by atoms with Gasteiger partial charge in [0.15, 0.2) is 11.5 Å². The number of benzene rings is 1. The van der Waals surface area contributed by atoms with E-state index in [9.17, 15) is 20.1 Å². The summed E-state index contributed by atoms with van der Waals surface area (Å²) in [5, 5.41) is 28.7. The molecule has 0 aliphatic heterocycles. The van der Waals surface area contributed by atoms with E-state index < -0.39 is 53.3 Å². The number of nitrogens with two attached hydrogens (primary N) is 1. The number of hydrogen-bond donors (Lipinski definition) is 4. The van der Waals surface area contributed by atoms with Gasteiger partial charge in [0.2, 0.25) is 0 Å². The van der Waals surface area contributed by atoms with Gasteiger partial charge in [-0.3, -0.25) is 4.79 Å². The molecule has 1 aromatic rings. The first-order chi connectivity index (χ1) is 9.07. The molecule has 0 saturated carbocycles. The molecule has 0 radical (unpaired) electrons. The van der Waals surface area contributed by atoms with E-state index in [2.05, 4.69) is 4.74 Å². The Morgan fingerprint density at radius 2 is 2.19 bits per heavy atom. The molecule has 88 valence electrons. The molecule has 16 heavy (non-hydrogen) atoms. The van der Waals surface area contributed by atoms with Crippen molar-refractivity contribution < 1.29 is 30.3 Å². The van der Waals surface area contributed by atoms with E-state index in [1.807, 2.05) is 0 Å². The maximum Gasteiger partial charge on any atom is 0.325 e. The second-order valence-electron chi connectivity index (χ2n) is 2.84. The lowest BCUT2D eigenvalue weighted by Gasteiger charge is -2.17. The zero-order chi connectivity index (χ0) is 15.8. The minimum Gasteiger partial charge on any atom is -0.504 e. The third-order valence-electron chi connectivity index (χ3n) is 1.78. The van der Waals surface area contributed by atoms with E-state index in [1.54, 1.807) is 0 Å². The molecule has 0 saturated heterocycles. The highest BCUT2D eigenvalue weighted by molar-refractivity contribution is 5.76. The summed E-state index contributed by atoms with van der Waals surface area (Å²) in [4.78, 5) is 11.3. The topological polar surface area (TPSA) is 113 Å². The number of ether oxygens (including phenoxy) is 1. The van der Waals surface area contributed by atoms with Gasteiger partial charge in [-0.05, 0) is 17.6 Å². The quantitative estimate of drug-likeness (QED) is 0.417. The monoisotopic (exact) mass is 231 g/mol. The van der Waals surface area contributed by atoms with E-state index in [0.29, 0.717) is 0 Å². The Morgan fingerprint density at radius 3 is 2.75 bits per heavy atom. The molecular weight excluding hydrogens is 214 g/mol. The van der Waals surface area contributed by atoms with Crippen LogP contribution in [0, 0.1) is 0 Å². The van der Waals surface area contributed by atoms with Crippen molar-refractivity contribution in [2.75, 3.05) is 7.11 Å². The van der Waals surface area contributed by atoms with Gasteiger partial charge in [0, 0.05) is 0 Å². The van der Waals surface area contributed by atoms with Gasteiger partial charge in [0.1, 0.15) is 12.1 Å². The summed E-state index contributed by atoms with van der Waals surface area (Å²) in [7, 11) is 0.929. The Morgan fingerprint density at radius 1 is 1.56 bits per heavy atom. The maximum atomic E-state index is 11.3. The molecule has 6 nitrogen and oxygen atoms in total. The van der Waals surface area contributed by atoms with Crippen LogP contribution in [0.4, 0.5) is 0 Å². The molecule has 1 rings (SSSR count). The molecule has 1 aromatic carbocycles. The number of rotatable bonds is 3. The Hall–Kier alpha value is -1.79. The predicted octanol–water partition coefficient (Wildman–Crippen LogP) is -0.369. The number of esters is 1. The minimum absolute atomic E-state index is 0.729. The molecule has 0 aromatic heterocycles. The highest BCUT2D eigenvalue weighted by Crippen LogP contribution is 2.28. The molecule has 6 heteroatoms. The van der Waals surface area contributed by atoms with Crippen molar-refractivity contribution in [3.05, 3.63) is 23.7 Å². The average molecular weight is 231 g/mol. The predicted molar refractivity (Wildman–Crippen MR) is 54.7 cm³/mol. The van der Waals surface area contributed by atoms with E-state index in [0.717, 1.165) is 7.11 Å². The van der Waals surface area contributed by atoms with Crippen LogP contribution < -0.4 is 5.73 Å². The van der Waals surface area contributed by atoms with Crippen LogP contribution in [0.2, 0.25) is 0 Å². The highest BCUT2D eigenvalue weighted by Gasteiger charge is 2.25. The molecule has 0 bridgehead atoms. The zero-order valence-corrected chi connectivity index (χ0v) is 8.31. The molecular formula is C10H13NO5. The van der Waals surface area contributed by atoms with Crippen molar-refractivity contribution >= 4 is 5.97 Å². The number of aliphatic hydroxyl groups is 1. The van der Waals surface area contributed by atoms with Crippen LogP contribution in [0.5, 0.6) is 11.5 Å². The summed E-state index contributed by atoms with van der Waals surface area (Å²) in [5.41, 5.74) is 4.56. The summed E-state index contributed by atoms with van der Waals surface area (Å²) < 4.78 is 34.2. The van der Waals surface area contributed by atoms with Gasteiger partial charge >= 0.3 is 5.97 Å². The van der Waals surface area contributed by atoms with Gasteiger partial charge in [0.05, 0.1) is 12.6 Å². The van der Waals surface area contributed by atoms with E-state index >= 15 is 0 Å². The van der Waals surface area contributed by atoms with Crippen molar-refractivity contribution in [1.82, 2.24) is 0 Å². The molecule has 0 fully saturated rings. The molecule has 0 aliphatic carbocycles. The molecule has 5 N–H and O–H groups in total. The molecule has 0 amide bonds. The summed E-state index contributed by atoms with van der Waals surface area (Å²) >= 11 is 0. The second-order valence-corrected chi connectivity index (χ2v) is 2.84. The van der Waals surface area contributed by atoms with E-state index in [4.69, 9.17) is 11.2 Å². The lowest BCUT2D eigenvalue weighted by Crippen LogP contribution is -2.37. The second kappa shape index (κ2) is 4.82. The number of carbonyl (C=O) groups excluding carboxylic acids is 1. The average Bonchev–Trinajstić information content (AvgIpc) is 2.41. The van der Waals surface area contributed by atoms with E-state index in [1.165, 1.54) is 0 Å². The molecule has 0 aliphatic rings. The standard InChI is InChI=1S/C10H13NO5/c1-16-10(15)8(11)9(14)5-2-3-6(12)7(13)4-5/h2-4,8-9,12-14H,11H2,1H3/t8-,9-/m0/s1/i2D,3D,4D,8D. The van der Waals surface area contributed by atoms with Crippen molar-refractivity contribution in [2.24, 2.45) is 5.73 Å². The fourth-order valence-electron chi connectivity index (χ4n) is 0.925. The van der Waals surface area contributed by atoms with Crippen molar-refractivity contribution in [3.63, 3.8) is 0 Å². The van der Waals surface area contributed by atoms with Crippen LogP contribution in [0.1, 0.15) is 17.2 Å². The molecule has 0 spiro atoms. The number of aromatic hydroxyl groups is 2. The van der Waals surface area contributed by atoms with Crippen molar-refractivity contribution in [2.45, 2.75) is 12.1 Å². The third-order valence-corrected chi connectivity index (χ3v) is 1.78. The van der Waals surface area contributed by atoms with Crippen LogP contribution in [0.25, 0.3) is 0 Å². The van der Waals surface area contributed by atoms with Crippen LogP contribution >= 0.6 is 0 Å². The first-order valence-electron chi connectivity index (χ1n) is 6.14. The maximum absolute atomic E-state index is 11.3. The SMILES string of the molecule is [2H]c1c([2H])c([C@H](O)[C@]([2H])(N)C(=O)OC)c([2H])c(O)c1O. The lowest BCUT2D eigenvalue weighted by molar-refractivity contribution is -0.145. The highest BCUT2D eigenvalue weighted by atomic mass is 16.5. The van der Waals surface area contributed by atoms with Crippen molar-refractivity contribution in [3.8, 4) is 11.5 Å². The summed E-state index contributed by atoms with van der Waals surface area (Å²) in [6.45, 7) is 0. The van der Waals surface area contributed by atoms with Gasteiger partial charge < -0.3 is 25.8 Å². The fraction of sp³-hybridized carbons (Fsp3) is 0.300. The molecule has 2 atom stereocenters. The number of hydrogen-bond acceptors (Lipinski definition) is 6. The van der Waals surface area contributed by atoms with Gasteiger partial charge in [-0.2, -0.15) is 0 Å². The fourth-order valence-corrected chi connectivity index (χ4v) is 0.925. The van der Waals surface area contributed by atoms with Crippen LogP contribution in [-0.2, 0) is 9.53 Å². The summed E-state index contributed by atoms with van der Waals surface area (Å²) in [6.07, 6.45) is -2.20. The Bertz CT molecular complexity index is 534. The van der Waals surface area contributed by atoms with Crippen LogP contribution in [0.15, 0.2) is 18.1 Å². The first-order valence-corrected chi connectivity index (χ1v) is 4.14. The Labute approximate surface area is 97.5 Å². The third kappa shape index (κ3) is 2.41. The lowest BCUT2D eigenvalue weighted by atomic mass is 10.0. The number of methoxy groups -OCH3 is 1. The number of carbonyl (C=O) groups is 1.